The zero-order valence-electron chi connectivity index (χ0n) is 41.0. The molecule has 17 heteroatoms. The van der Waals surface area contributed by atoms with E-state index in [1.807, 2.05) is 95.3 Å². The molecule has 5 aliphatic heterocycles. The SMILES string of the molecule is CO[C@@H](C(=O)NC1CCc2ccccc2NC1=O)[C@@H]1OC(C)(C)O[C@H](/C=C/C(C)(C)C)[C@@H]1O.CO[C@H]1C(=O)O[C@@H]2[C@H]1OC(C)(C)O[C@@H]2/C=C/C(C)(C)C.Cl.NC1CCc2ccccc2NC1=O. The van der Waals surface area contributed by atoms with Crippen molar-refractivity contribution in [1.82, 2.24) is 5.32 Å². The molecule has 0 radical (unpaired) electrons. The number of halogens is 1. The van der Waals surface area contributed by atoms with Gasteiger partial charge in [0, 0.05) is 25.6 Å². The highest BCUT2D eigenvalue weighted by molar-refractivity contribution is 5.99. The first-order chi connectivity index (χ1) is 30.8. The zero-order chi connectivity index (χ0) is 48.8. The number of fused-ring (bicyclic) bond motifs is 3. The minimum absolute atomic E-state index is 0. The number of benzene rings is 2. The quantitative estimate of drug-likeness (QED) is 0.161. The van der Waals surface area contributed by atoms with Crippen molar-refractivity contribution in [3.8, 4) is 0 Å². The van der Waals surface area contributed by atoms with Crippen LogP contribution in [0.1, 0.15) is 93.2 Å². The Morgan fingerprint density at radius 1 is 0.776 bits per heavy atom. The Bertz CT molecular complexity index is 2080. The lowest BCUT2D eigenvalue weighted by Crippen LogP contribution is -2.61. The summed E-state index contributed by atoms with van der Waals surface area (Å²) in [5.41, 5.74) is 9.41. The fourth-order valence-electron chi connectivity index (χ4n) is 8.08. The number of aryl methyl sites for hydroxylation is 2. The number of allylic oxidation sites excluding steroid dienone is 2. The maximum absolute atomic E-state index is 13.2. The Morgan fingerprint density at radius 2 is 1.28 bits per heavy atom. The molecule has 67 heavy (non-hydrogen) atoms. The van der Waals surface area contributed by atoms with Crippen molar-refractivity contribution in [1.29, 1.82) is 0 Å². The number of carbonyl (C=O) groups is 4. The first-order valence-corrected chi connectivity index (χ1v) is 22.7. The summed E-state index contributed by atoms with van der Waals surface area (Å²) >= 11 is 0. The van der Waals surface area contributed by atoms with Gasteiger partial charge in [-0.25, -0.2) is 4.79 Å². The predicted molar refractivity (Wildman–Crippen MR) is 256 cm³/mol. The highest BCUT2D eigenvalue weighted by Crippen LogP contribution is 2.37. The Morgan fingerprint density at radius 3 is 1.84 bits per heavy atom. The highest BCUT2D eigenvalue weighted by atomic mass is 35.5. The molecule has 372 valence electrons. The number of rotatable bonds is 7. The van der Waals surface area contributed by atoms with Crippen LogP contribution in [0, 0.1) is 10.8 Å². The first-order valence-electron chi connectivity index (χ1n) is 22.7. The molecule has 0 aromatic heterocycles. The smallest absolute Gasteiger partial charge is 0.338 e. The number of ether oxygens (including phenoxy) is 7. The van der Waals surface area contributed by atoms with Crippen molar-refractivity contribution < 1.29 is 57.4 Å². The van der Waals surface area contributed by atoms with E-state index in [1.54, 1.807) is 19.9 Å². The summed E-state index contributed by atoms with van der Waals surface area (Å²) < 4.78 is 39.6. The minimum atomic E-state index is -1.14. The Hall–Kier alpha value is -4.23. The number of nitrogens with two attached hydrogens (primary N) is 1. The molecule has 0 saturated carbocycles. The van der Waals surface area contributed by atoms with E-state index in [0.717, 1.165) is 29.8 Å². The number of para-hydroxylation sites is 2. The van der Waals surface area contributed by atoms with Gasteiger partial charge in [-0.3, -0.25) is 14.4 Å². The van der Waals surface area contributed by atoms with Gasteiger partial charge in [-0.1, -0.05) is 102 Å². The standard InChI is InChI=1S/C25H36N2O6.C15H24O5.C10H12N2O.ClH/c1-24(2,3)14-13-18-19(28)20(33-25(4,5)32-18)21(31-6)23(30)27-17-12-11-15-9-7-8-10-16(15)26-22(17)29;1-14(2,3)8-7-9-10-11(20-15(4,5)19-9)12(17-6)13(16)18-10;11-8-6-5-7-3-1-2-4-9(7)12-10(8)13;/h7-10,13-14,17-21,28H,11-12H2,1-6H3,(H,26,29)(H,27,30);7-12H,1-6H3;1-4,8H,5-6,11H2,(H,12,13);1H/b14-13+;8-7+;;/t17?,18-,19+,20-,21-;9-,10+,11-,12-;;/m11../s1. The van der Waals surface area contributed by atoms with Crippen molar-refractivity contribution >= 4 is 47.5 Å². The predicted octanol–water partition coefficient (Wildman–Crippen LogP) is 5.92. The van der Waals surface area contributed by atoms with Crippen molar-refractivity contribution in [3.05, 3.63) is 84.0 Å². The highest BCUT2D eigenvalue weighted by Gasteiger charge is 2.55. The van der Waals surface area contributed by atoms with Crippen LogP contribution in [0.3, 0.4) is 0 Å². The minimum Gasteiger partial charge on any atom is -0.454 e. The second kappa shape index (κ2) is 22.9. The van der Waals surface area contributed by atoms with Crippen LogP contribution in [0.2, 0.25) is 0 Å². The van der Waals surface area contributed by atoms with Gasteiger partial charge < -0.3 is 59.9 Å². The zero-order valence-corrected chi connectivity index (χ0v) is 41.8. The number of hydrogen-bond donors (Lipinski definition) is 5. The van der Waals surface area contributed by atoms with Gasteiger partial charge in [-0.05, 0) is 87.5 Å². The summed E-state index contributed by atoms with van der Waals surface area (Å²) in [6, 6.07) is 14.3. The van der Waals surface area contributed by atoms with Crippen molar-refractivity contribution in [2.75, 3.05) is 24.9 Å². The largest absolute Gasteiger partial charge is 0.454 e. The molecule has 16 nitrogen and oxygen atoms in total. The summed E-state index contributed by atoms with van der Waals surface area (Å²) in [5, 5.41) is 19.5. The number of nitrogens with one attached hydrogen (secondary N) is 3. The monoisotopic (exact) mass is 956 g/mol. The third-order valence-corrected chi connectivity index (χ3v) is 11.4. The number of amides is 3. The summed E-state index contributed by atoms with van der Waals surface area (Å²) in [6.45, 7) is 19.5. The van der Waals surface area contributed by atoms with Gasteiger partial charge in [-0.15, -0.1) is 12.4 Å². The number of esters is 1. The van der Waals surface area contributed by atoms with Crippen LogP contribution >= 0.6 is 12.4 Å². The second-order valence-corrected chi connectivity index (χ2v) is 20.3. The lowest BCUT2D eigenvalue weighted by atomic mass is 9.93. The van der Waals surface area contributed by atoms with E-state index >= 15 is 0 Å². The number of hydrogen-bond acceptors (Lipinski definition) is 13. The van der Waals surface area contributed by atoms with Gasteiger partial charge in [-0.2, -0.15) is 0 Å². The second-order valence-electron chi connectivity index (χ2n) is 20.3. The average Bonchev–Trinajstić information content (AvgIpc) is 3.35. The van der Waals surface area contributed by atoms with Gasteiger partial charge in [0.2, 0.25) is 11.8 Å². The normalized spacial score (nSPS) is 29.3. The molecule has 6 N–H and O–H groups in total. The van der Waals surface area contributed by atoms with E-state index in [-0.39, 0.29) is 47.2 Å². The van der Waals surface area contributed by atoms with Gasteiger partial charge >= 0.3 is 5.97 Å². The van der Waals surface area contributed by atoms with Crippen LogP contribution in [-0.4, -0.2) is 116 Å². The molecular formula is C50H73ClN4O12. The molecule has 2 unspecified atom stereocenters. The van der Waals surface area contributed by atoms with E-state index in [1.165, 1.54) is 19.8 Å². The van der Waals surface area contributed by atoms with Crippen molar-refractivity contribution in [2.45, 2.75) is 167 Å². The number of methoxy groups -OCH3 is 2. The van der Waals surface area contributed by atoms with E-state index in [2.05, 4.69) is 42.8 Å². The maximum atomic E-state index is 13.2. The molecule has 0 spiro atoms. The van der Waals surface area contributed by atoms with Crippen molar-refractivity contribution in [3.63, 3.8) is 0 Å². The Labute approximate surface area is 401 Å². The number of aliphatic hydroxyl groups excluding tert-OH is 1. The molecule has 3 fully saturated rings. The number of anilines is 2. The fraction of sp³-hybridized carbons (Fsp3) is 0.600. The molecule has 3 saturated heterocycles. The first kappa shape index (κ1) is 55.4. The molecule has 2 aromatic rings. The molecule has 7 rings (SSSR count). The van der Waals surface area contributed by atoms with E-state index < -0.39 is 72.2 Å². The Balaban J connectivity index is 0.000000243. The summed E-state index contributed by atoms with van der Waals surface area (Å²) in [4.78, 5) is 49.1. The lowest BCUT2D eigenvalue weighted by molar-refractivity contribution is -0.334. The van der Waals surface area contributed by atoms with Crippen molar-refractivity contribution in [2.24, 2.45) is 16.6 Å². The molecule has 3 amide bonds. The number of aliphatic hydroxyl groups is 1. The van der Waals surface area contributed by atoms with Gasteiger partial charge in [0.05, 0.1) is 6.04 Å². The molecule has 0 bridgehead atoms. The molecule has 5 heterocycles. The molecular weight excluding hydrogens is 884 g/mol. The van der Waals surface area contributed by atoms with Crippen LogP contribution in [-0.2, 0) is 65.2 Å². The topological polar surface area (TPSA) is 215 Å². The summed E-state index contributed by atoms with van der Waals surface area (Å²) in [5.74, 6) is -3.11. The van der Waals surface area contributed by atoms with Crippen LogP contribution in [0.5, 0.6) is 0 Å². The van der Waals surface area contributed by atoms with Gasteiger partial charge in [0.1, 0.15) is 36.6 Å². The Kier molecular flexibility index (Phi) is 18.9. The van der Waals surface area contributed by atoms with Crippen LogP contribution in [0.25, 0.3) is 0 Å². The molecule has 5 aliphatic rings. The molecule has 10 atom stereocenters. The lowest BCUT2D eigenvalue weighted by Gasteiger charge is -2.45. The number of carbonyl (C=O) groups excluding carboxylic acids is 4. The van der Waals surface area contributed by atoms with Crippen LogP contribution < -0.4 is 21.7 Å². The average molecular weight is 958 g/mol. The molecule has 2 aromatic carbocycles. The van der Waals surface area contributed by atoms with E-state index in [9.17, 15) is 24.3 Å². The maximum Gasteiger partial charge on any atom is 0.338 e. The van der Waals surface area contributed by atoms with Gasteiger partial charge in [0.15, 0.2) is 29.9 Å². The third-order valence-electron chi connectivity index (χ3n) is 11.4. The molecule has 0 aliphatic carbocycles. The fourth-order valence-corrected chi connectivity index (χ4v) is 8.08. The van der Waals surface area contributed by atoms with Gasteiger partial charge in [0.25, 0.3) is 5.91 Å². The van der Waals surface area contributed by atoms with Crippen LogP contribution in [0.15, 0.2) is 72.8 Å². The summed E-state index contributed by atoms with van der Waals surface area (Å²) in [6.07, 6.45) is 4.59. The van der Waals surface area contributed by atoms with Crippen LogP contribution in [0.4, 0.5) is 11.4 Å². The summed E-state index contributed by atoms with van der Waals surface area (Å²) in [7, 11) is 2.87. The van der Waals surface area contributed by atoms with E-state index in [0.29, 0.717) is 12.8 Å². The third kappa shape index (κ3) is 15.4. The van der Waals surface area contributed by atoms with E-state index in [4.69, 9.17) is 38.9 Å².